The van der Waals surface area contributed by atoms with Gasteiger partial charge in [0.2, 0.25) is 0 Å². The Bertz CT molecular complexity index is 850. The van der Waals surface area contributed by atoms with Crippen molar-refractivity contribution in [1.29, 1.82) is 0 Å². The van der Waals surface area contributed by atoms with Crippen molar-refractivity contribution in [3.63, 3.8) is 0 Å². The maximum atomic E-state index is 11.3. The number of rotatable bonds is 4. The highest BCUT2D eigenvalue weighted by Crippen LogP contribution is 2.22. The minimum atomic E-state index is -1.03. The number of hydrogen-bond acceptors (Lipinski definition) is 2. The largest absolute Gasteiger partial charge is 0.476 e. The molecule has 1 heterocycles. The highest BCUT2D eigenvalue weighted by atomic mass is 16.4. The molecule has 2 aromatic carbocycles. The first-order valence-electron chi connectivity index (χ1n) is 7.27. The van der Waals surface area contributed by atoms with Crippen LogP contribution >= 0.6 is 0 Å². The minimum absolute atomic E-state index is 0.0321. The molecule has 23 heavy (non-hydrogen) atoms. The van der Waals surface area contributed by atoms with Gasteiger partial charge in [0, 0.05) is 0 Å². The maximum Gasteiger partial charge on any atom is 0.356 e. The number of allylic oxidation sites excluding steroid dienone is 1. The van der Waals surface area contributed by atoms with Crippen LogP contribution in [0.25, 0.3) is 17.3 Å². The van der Waals surface area contributed by atoms with Crippen LogP contribution in [0, 0.1) is 0 Å². The lowest BCUT2D eigenvalue weighted by Crippen LogP contribution is -2.03. The Hall–Kier alpha value is -3.14. The third-order valence-corrected chi connectivity index (χ3v) is 3.52. The van der Waals surface area contributed by atoms with Crippen molar-refractivity contribution in [2.45, 2.75) is 6.92 Å². The number of benzene rings is 2. The lowest BCUT2D eigenvalue weighted by molar-refractivity contribution is 0.0690. The Labute approximate surface area is 134 Å². The molecule has 0 amide bonds. The summed E-state index contributed by atoms with van der Waals surface area (Å²) in [5.74, 6) is -1.03. The average Bonchev–Trinajstić information content (AvgIpc) is 3.02. The van der Waals surface area contributed by atoms with Crippen molar-refractivity contribution in [3.05, 3.63) is 83.7 Å². The molecule has 1 N–H and O–H groups in total. The summed E-state index contributed by atoms with van der Waals surface area (Å²) in [4.78, 5) is 11.3. The molecule has 0 saturated carbocycles. The fourth-order valence-corrected chi connectivity index (χ4v) is 2.41. The first-order valence-corrected chi connectivity index (χ1v) is 7.27. The molecule has 0 aliphatic carbocycles. The van der Waals surface area contributed by atoms with Crippen LogP contribution in [0.5, 0.6) is 0 Å². The van der Waals surface area contributed by atoms with Gasteiger partial charge >= 0.3 is 5.97 Å². The summed E-state index contributed by atoms with van der Waals surface area (Å²) in [6.45, 7) is 1.95. The van der Waals surface area contributed by atoms with Gasteiger partial charge in [0.1, 0.15) is 0 Å². The van der Waals surface area contributed by atoms with E-state index in [4.69, 9.17) is 0 Å². The molecule has 0 saturated heterocycles. The lowest BCUT2D eigenvalue weighted by atomic mass is 10.1. The first-order chi connectivity index (χ1) is 11.1. The predicted molar refractivity (Wildman–Crippen MR) is 90.5 cm³/mol. The third kappa shape index (κ3) is 3.21. The molecular weight excluding hydrogens is 288 g/mol. The van der Waals surface area contributed by atoms with Crippen LogP contribution in [0.3, 0.4) is 0 Å². The molecule has 0 fully saturated rings. The van der Waals surface area contributed by atoms with E-state index in [0.717, 1.165) is 22.5 Å². The maximum absolute atomic E-state index is 11.3. The topological polar surface area (TPSA) is 55.1 Å². The van der Waals surface area contributed by atoms with Gasteiger partial charge in [-0.3, -0.25) is 0 Å². The van der Waals surface area contributed by atoms with Crippen molar-refractivity contribution >= 4 is 17.6 Å². The Morgan fingerprint density at radius 1 is 1.04 bits per heavy atom. The summed E-state index contributed by atoms with van der Waals surface area (Å²) >= 11 is 0. The molecule has 0 bridgehead atoms. The summed E-state index contributed by atoms with van der Waals surface area (Å²) in [5, 5.41) is 13.5. The van der Waals surface area contributed by atoms with Gasteiger partial charge in [-0.25, -0.2) is 9.48 Å². The van der Waals surface area contributed by atoms with E-state index >= 15 is 0 Å². The number of carbonyl (C=O) groups is 1. The molecule has 1 aromatic heterocycles. The monoisotopic (exact) mass is 304 g/mol. The standard InChI is InChI=1S/C19H16N2O2/c1-14(12-15-8-4-2-5-9-15)18-13-17(19(22)23)20-21(18)16-10-6-3-7-11-16/h2-13H,1H3,(H,22,23)/b14-12+. The van der Waals surface area contributed by atoms with E-state index < -0.39 is 5.97 Å². The van der Waals surface area contributed by atoms with E-state index in [-0.39, 0.29) is 5.69 Å². The van der Waals surface area contributed by atoms with E-state index in [1.807, 2.05) is 73.7 Å². The summed E-state index contributed by atoms with van der Waals surface area (Å²) in [7, 11) is 0. The van der Waals surface area contributed by atoms with Crippen LogP contribution in [0.15, 0.2) is 66.7 Å². The van der Waals surface area contributed by atoms with Crippen molar-refractivity contribution in [2.24, 2.45) is 0 Å². The molecule has 0 aliphatic heterocycles. The minimum Gasteiger partial charge on any atom is -0.476 e. The second-order valence-electron chi connectivity index (χ2n) is 5.21. The smallest absolute Gasteiger partial charge is 0.356 e. The fraction of sp³-hybridized carbons (Fsp3) is 0.0526. The number of hydrogen-bond donors (Lipinski definition) is 1. The van der Waals surface area contributed by atoms with E-state index in [0.29, 0.717) is 0 Å². The Morgan fingerprint density at radius 3 is 2.26 bits per heavy atom. The number of aromatic carboxylic acids is 1. The molecule has 0 spiro atoms. The van der Waals surface area contributed by atoms with Gasteiger partial charge in [-0.2, -0.15) is 5.10 Å². The molecule has 0 aliphatic rings. The van der Waals surface area contributed by atoms with Crippen molar-refractivity contribution in [1.82, 2.24) is 9.78 Å². The van der Waals surface area contributed by atoms with Crippen LogP contribution in [0.1, 0.15) is 28.7 Å². The van der Waals surface area contributed by atoms with Crippen molar-refractivity contribution in [2.75, 3.05) is 0 Å². The highest BCUT2D eigenvalue weighted by molar-refractivity contribution is 5.88. The van der Waals surface area contributed by atoms with E-state index in [1.54, 1.807) is 10.7 Å². The summed E-state index contributed by atoms with van der Waals surface area (Å²) < 4.78 is 1.66. The molecule has 3 rings (SSSR count). The Kier molecular flexibility index (Phi) is 4.06. The molecule has 3 aromatic rings. The summed E-state index contributed by atoms with van der Waals surface area (Å²) in [5.41, 5.74) is 3.63. The number of para-hydroxylation sites is 1. The van der Waals surface area contributed by atoms with Crippen LogP contribution in [0.4, 0.5) is 0 Å². The molecule has 4 heteroatoms. The van der Waals surface area contributed by atoms with Crippen molar-refractivity contribution < 1.29 is 9.90 Å². The average molecular weight is 304 g/mol. The van der Waals surface area contributed by atoms with Crippen LogP contribution in [-0.4, -0.2) is 20.9 Å². The van der Waals surface area contributed by atoms with Gasteiger partial charge in [-0.1, -0.05) is 48.5 Å². The van der Waals surface area contributed by atoms with Crippen LogP contribution in [-0.2, 0) is 0 Å². The van der Waals surface area contributed by atoms with Gasteiger partial charge < -0.3 is 5.11 Å². The SMILES string of the molecule is C/C(=C\c1ccccc1)c1cc(C(=O)O)nn1-c1ccccc1. The molecule has 0 radical (unpaired) electrons. The molecule has 0 unspecified atom stereocenters. The normalized spacial score (nSPS) is 11.4. The fourth-order valence-electron chi connectivity index (χ4n) is 2.41. The second-order valence-corrected chi connectivity index (χ2v) is 5.21. The zero-order valence-corrected chi connectivity index (χ0v) is 12.7. The van der Waals surface area contributed by atoms with Crippen molar-refractivity contribution in [3.8, 4) is 5.69 Å². The first kappa shape index (κ1) is 14.8. The van der Waals surface area contributed by atoms with Gasteiger partial charge in [0.05, 0.1) is 11.4 Å². The quantitative estimate of drug-likeness (QED) is 0.788. The van der Waals surface area contributed by atoms with Gasteiger partial charge in [0.25, 0.3) is 0 Å². The summed E-state index contributed by atoms with van der Waals surface area (Å²) in [6.07, 6.45) is 2.02. The number of nitrogens with zero attached hydrogens (tertiary/aromatic N) is 2. The Balaban J connectivity index is 2.11. The van der Waals surface area contributed by atoms with Gasteiger partial charge in [-0.05, 0) is 42.3 Å². The second kappa shape index (κ2) is 6.32. The predicted octanol–water partition coefficient (Wildman–Crippen LogP) is 4.13. The number of carboxylic acids is 1. The van der Waals surface area contributed by atoms with Crippen LogP contribution in [0.2, 0.25) is 0 Å². The number of aromatic nitrogens is 2. The van der Waals surface area contributed by atoms with Crippen LogP contribution < -0.4 is 0 Å². The highest BCUT2D eigenvalue weighted by Gasteiger charge is 2.15. The van der Waals surface area contributed by atoms with E-state index in [9.17, 15) is 9.90 Å². The zero-order chi connectivity index (χ0) is 16.2. The summed E-state index contributed by atoms with van der Waals surface area (Å²) in [6, 6.07) is 21.0. The molecular formula is C19H16N2O2. The molecule has 0 atom stereocenters. The van der Waals surface area contributed by atoms with Gasteiger partial charge in [0.15, 0.2) is 5.69 Å². The molecule has 4 nitrogen and oxygen atoms in total. The Morgan fingerprint density at radius 2 is 1.65 bits per heavy atom. The van der Waals surface area contributed by atoms with E-state index in [2.05, 4.69) is 5.10 Å². The van der Waals surface area contributed by atoms with E-state index in [1.165, 1.54) is 0 Å². The third-order valence-electron chi connectivity index (χ3n) is 3.52. The zero-order valence-electron chi connectivity index (χ0n) is 12.7. The molecule has 114 valence electrons. The van der Waals surface area contributed by atoms with Gasteiger partial charge in [-0.15, -0.1) is 0 Å². The number of carboxylic acid groups (broad SMARTS) is 1. The lowest BCUT2D eigenvalue weighted by Gasteiger charge is -2.07.